The van der Waals surface area contributed by atoms with Gasteiger partial charge in [0.15, 0.2) is 0 Å². The van der Waals surface area contributed by atoms with Gasteiger partial charge in [0.1, 0.15) is 0 Å². The van der Waals surface area contributed by atoms with Crippen LogP contribution >= 0.6 is 28.3 Å². The Morgan fingerprint density at radius 2 is 1.65 bits per heavy atom. The molecule has 1 N–H and O–H groups in total. The van der Waals surface area contributed by atoms with Gasteiger partial charge in [-0.1, -0.05) is 15.9 Å². The average Bonchev–Trinajstić information content (AvgIpc) is 2.65. The minimum atomic E-state index is -0.363. The Morgan fingerprint density at radius 1 is 1.00 bits per heavy atom. The summed E-state index contributed by atoms with van der Waals surface area (Å²) in [5.74, 6) is -0.720. The molecule has 1 aromatic carbocycles. The lowest BCUT2D eigenvalue weighted by Gasteiger charge is -2.15. The van der Waals surface area contributed by atoms with Crippen LogP contribution in [0.25, 0.3) is 0 Å². The summed E-state index contributed by atoms with van der Waals surface area (Å²) in [5, 5.41) is 1.01. The number of rotatable bonds is 2. The molecule has 0 unspecified atom stereocenters. The van der Waals surface area contributed by atoms with E-state index in [4.69, 9.17) is 0 Å². The summed E-state index contributed by atoms with van der Waals surface area (Å²) >= 11 is 3.29. The van der Waals surface area contributed by atoms with Crippen molar-refractivity contribution in [1.29, 1.82) is 0 Å². The Hall–Kier alpha value is -1.92. The second kappa shape index (κ2) is 5.60. The molecule has 2 aromatic rings. The van der Waals surface area contributed by atoms with Gasteiger partial charge >= 0.3 is 0 Å². The van der Waals surface area contributed by atoms with Crippen LogP contribution < -0.4 is 5.43 Å². The molecule has 5 nitrogen and oxygen atoms in total. The number of nitrogens with one attached hydrogen (secondary N) is 1. The zero-order chi connectivity index (χ0) is 13.4. The molecule has 0 saturated carbocycles. The molecular formula is C13H9BrClN3O2. The summed E-state index contributed by atoms with van der Waals surface area (Å²) in [7, 11) is 0. The van der Waals surface area contributed by atoms with E-state index >= 15 is 0 Å². The largest absolute Gasteiger partial charge is 0.288 e. The zero-order valence-corrected chi connectivity index (χ0v) is 12.4. The number of hydrogen-bond acceptors (Lipinski definition) is 4. The number of pyridine rings is 1. The number of nitrogens with zero attached hydrogens (tertiary/aromatic N) is 2. The van der Waals surface area contributed by atoms with E-state index in [2.05, 4.69) is 26.3 Å². The van der Waals surface area contributed by atoms with E-state index < -0.39 is 0 Å². The van der Waals surface area contributed by atoms with E-state index in [1.165, 1.54) is 0 Å². The predicted octanol–water partition coefficient (Wildman–Crippen LogP) is 2.89. The predicted molar refractivity (Wildman–Crippen MR) is 79.7 cm³/mol. The Kier molecular flexibility index (Phi) is 4.06. The smallest absolute Gasteiger partial charge is 0.280 e. The number of benzene rings is 1. The van der Waals surface area contributed by atoms with E-state index in [9.17, 15) is 9.59 Å². The maximum absolute atomic E-state index is 12.2. The standard InChI is InChI=1S/C13H8BrN3O2.ClH/c14-8-1-2-10-11(7-8)13(19)17(12(10)18)16-9-3-5-15-6-4-9;/h1-7H,(H,15,16);1H. The molecule has 0 saturated heterocycles. The minimum Gasteiger partial charge on any atom is -0.288 e. The first-order chi connectivity index (χ1) is 9.16. The quantitative estimate of drug-likeness (QED) is 0.842. The molecule has 2 amide bonds. The van der Waals surface area contributed by atoms with Crippen LogP contribution in [0.15, 0.2) is 47.2 Å². The third-order valence-corrected chi connectivity index (χ3v) is 3.26. The first-order valence-electron chi connectivity index (χ1n) is 5.52. The lowest BCUT2D eigenvalue weighted by Crippen LogP contribution is -2.35. The number of halogens is 2. The van der Waals surface area contributed by atoms with Crippen LogP contribution in [-0.4, -0.2) is 21.8 Å². The molecule has 20 heavy (non-hydrogen) atoms. The van der Waals surface area contributed by atoms with Crippen molar-refractivity contribution >= 4 is 45.8 Å². The molecule has 0 spiro atoms. The molecule has 2 heterocycles. The molecule has 1 aliphatic heterocycles. The number of carbonyl (C=O) groups excluding carboxylic acids is 2. The number of fused-ring (bicyclic) bond motifs is 1. The molecule has 0 atom stereocenters. The SMILES string of the molecule is Cl.O=C1c2ccc(Br)cc2C(=O)N1Nc1ccncc1. The van der Waals surface area contributed by atoms with Crippen LogP contribution in [0.5, 0.6) is 0 Å². The second-order valence-electron chi connectivity index (χ2n) is 3.98. The molecule has 0 fully saturated rings. The first kappa shape index (κ1) is 14.5. The fourth-order valence-corrected chi connectivity index (χ4v) is 2.23. The van der Waals surface area contributed by atoms with E-state index in [1.807, 2.05) is 0 Å². The highest BCUT2D eigenvalue weighted by molar-refractivity contribution is 9.10. The number of hydrazine groups is 1. The van der Waals surface area contributed by atoms with Crippen LogP contribution in [-0.2, 0) is 0 Å². The molecule has 1 aromatic heterocycles. The number of amides is 2. The summed E-state index contributed by atoms with van der Waals surface area (Å²) in [4.78, 5) is 28.2. The van der Waals surface area contributed by atoms with E-state index in [0.29, 0.717) is 16.8 Å². The fourth-order valence-electron chi connectivity index (χ4n) is 1.87. The molecular weight excluding hydrogens is 346 g/mol. The lowest BCUT2D eigenvalue weighted by molar-refractivity contribution is 0.0691. The molecule has 0 aliphatic carbocycles. The summed E-state index contributed by atoms with van der Waals surface area (Å²) in [6.45, 7) is 0. The second-order valence-corrected chi connectivity index (χ2v) is 4.90. The van der Waals surface area contributed by atoms with Crippen molar-refractivity contribution in [2.75, 3.05) is 5.43 Å². The Balaban J connectivity index is 0.00000147. The molecule has 102 valence electrons. The monoisotopic (exact) mass is 353 g/mol. The van der Waals surface area contributed by atoms with Crippen LogP contribution in [0.1, 0.15) is 20.7 Å². The number of anilines is 1. The zero-order valence-electron chi connectivity index (χ0n) is 10.0. The van der Waals surface area contributed by atoms with Crippen molar-refractivity contribution in [3.63, 3.8) is 0 Å². The van der Waals surface area contributed by atoms with Gasteiger partial charge in [-0.3, -0.25) is 20.0 Å². The van der Waals surface area contributed by atoms with Gasteiger partial charge in [0.25, 0.3) is 11.8 Å². The topological polar surface area (TPSA) is 62.3 Å². The third-order valence-electron chi connectivity index (χ3n) is 2.77. The van der Waals surface area contributed by atoms with Gasteiger partial charge in [0.05, 0.1) is 16.8 Å². The highest BCUT2D eigenvalue weighted by Crippen LogP contribution is 2.26. The summed E-state index contributed by atoms with van der Waals surface area (Å²) < 4.78 is 0.762. The maximum atomic E-state index is 12.2. The number of aromatic nitrogens is 1. The number of carbonyl (C=O) groups is 2. The van der Waals surface area contributed by atoms with Crippen molar-refractivity contribution in [3.05, 3.63) is 58.3 Å². The van der Waals surface area contributed by atoms with Gasteiger partial charge in [-0.05, 0) is 30.3 Å². The Bertz CT molecular complexity index is 679. The van der Waals surface area contributed by atoms with Crippen LogP contribution in [0.2, 0.25) is 0 Å². The molecule has 3 rings (SSSR count). The third kappa shape index (κ3) is 2.39. The van der Waals surface area contributed by atoms with Gasteiger partial charge in [0.2, 0.25) is 0 Å². The van der Waals surface area contributed by atoms with Crippen molar-refractivity contribution < 1.29 is 9.59 Å². The van der Waals surface area contributed by atoms with Crippen molar-refractivity contribution in [3.8, 4) is 0 Å². The fraction of sp³-hybridized carbons (Fsp3) is 0. The molecule has 0 bridgehead atoms. The molecule has 7 heteroatoms. The normalized spacial score (nSPS) is 12.9. The van der Waals surface area contributed by atoms with Crippen molar-refractivity contribution in [2.45, 2.75) is 0 Å². The van der Waals surface area contributed by atoms with Crippen molar-refractivity contribution in [2.24, 2.45) is 0 Å². The lowest BCUT2D eigenvalue weighted by atomic mass is 10.1. The summed E-state index contributed by atoms with van der Waals surface area (Å²) in [6.07, 6.45) is 3.16. The summed E-state index contributed by atoms with van der Waals surface area (Å²) in [5.41, 5.74) is 4.20. The van der Waals surface area contributed by atoms with E-state index in [1.54, 1.807) is 42.7 Å². The minimum absolute atomic E-state index is 0. The van der Waals surface area contributed by atoms with Crippen LogP contribution in [0.3, 0.4) is 0 Å². The Morgan fingerprint density at radius 3 is 2.35 bits per heavy atom. The number of hydrogen-bond donors (Lipinski definition) is 1. The van der Waals surface area contributed by atoms with Gasteiger partial charge in [-0.2, -0.15) is 5.01 Å². The van der Waals surface area contributed by atoms with Gasteiger partial charge in [-0.15, -0.1) is 12.4 Å². The molecule has 1 aliphatic rings. The Labute approximate surface area is 129 Å². The average molecular weight is 355 g/mol. The van der Waals surface area contributed by atoms with Gasteiger partial charge in [-0.25, -0.2) is 0 Å². The maximum Gasteiger partial charge on any atom is 0.280 e. The summed E-state index contributed by atoms with van der Waals surface area (Å²) in [6, 6.07) is 8.37. The molecule has 0 radical (unpaired) electrons. The number of imide groups is 1. The highest BCUT2D eigenvalue weighted by atomic mass is 79.9. The van der Waals surface area contributed by atoms with Gasteiger partial charge in [0, 0.05) is 16.9 Å². The van der Waals surface area contributed by atoms with E-state index in [0.717, 1.165) is 9.48 Å². The van der Waals surface area contributed by atoms with E-state index in [-0.39, 0.29) is 24.2 Å². The van der Waals surface area contributed by atoms with Crippen molar-refractivity contribution in [1.82, 2.24) is 9.99 Å². The first-order valence-corrected chi connectivity index (χ1v) is 6.31. The van der Waals surface area contributed by atoms with Crippen LogP contribution in [0.4, 0.5) is 5.69 Å². The highest BCUT2D eigenvalue weighted by Gasteiger charge is 2.36. The van der Waals surface area contributed by atoms with Crippen LogP contribution in [0, 0.1) is 0 Å². The van der Waals surface area contributed by atoms with Gasteiger partial charge < -0.3 is 0 Å².